The van der Waals surface area contributed by atoms with Gasteiger partial charge < -0.3 is 8.23 Å². The Labute approximate surface area is 94.3 Å². The Bertz CT molecular complexity index is 113. The van der Waals surface area contributed by atoms with Crippen molar-refractivity contribution in [1.82, 2.24) is 0 Å². The van der Waals surface area contributed by atoms with E-state index in [1.165, 1.54) is 24.2 Å². The van der Waals surface area contributed by atoms with E-state index in [1.807, 2.05) is 0 Å². The van der Waals surface area contributed by atoms with E-state index in [-0.39, 0.29) is 0 Å². The van der Waals surface area contributed by atoms with Gasteiger partial charge in [-0.2, -0.15) is 0 Å². The van der Waals surface area contributed by atoms with E-state index in [2.05, 4.69) is 34.2 Å². The molecule has 0 unspecified atom stereocenters. The van der Waals surface area contributed by atoms with E-state index in [0.717, 1.165) is 0 Å². The van der Waals surface area contributed by atoms with Crippen LogP contribution in [0.5, 0.6) is 0 Å². The summed E-state index contributed by atoms with van der Waals surface area (Å²) in [6.07, 6.45) is 0. The molecule has 0 amide bonds. The number of hydrogen-bond donors (Lipinski definition) is 0. The SMILES string of the molecule is CC[SiH](CC)O[SiH](C)O[SiH](CC)CC. The largest absolute Gasteiger partial charge is 0.441 e. The second-order valence-corrected chi connectivity index (χ2v) is 12.8. The van der Waals surface area contributed by atoms with Crippen molar-refractivity contribution in [2.24, 2.45) is 0 Å². The van der Waals surface area contributed by atoms with E-state index >= 15 is 0 Å². The molecule has 0 bridgehead atoms. The van der Waals surface area contributed by atoms with Gasteiger partial charge in [-0.3, -0.25) is 0 Å². The van der Waals surface area contributed by atoms with Crippen LogP contribution in [0.1, 0.15) is 27.7 Å². The van der Waals surface area contributed by atoms with Gasteiger partial charge in [-0.1, -0.05) is 27.7 Å². The van der Waals surface area contributed by atoms with Crippen molar-refractivity contribution in [2.45, 2.75) is 58.4 Å². The minimum atomic E-state index is -1.27. The number of rotatable bonds is 8. The van der Waals surface area contributed by atoms with Crippen LogP contribution in [0.25, 0.3) is 0 Å². The molecule has 0 aromatic carbocycles. The molecule has 0 aromatic heterocycles. The van der Waals surface area contributed by atoms with Gasteiger partial charge in [0.15, 0.2) is 18.1 Å². The van der Waals surface area contributed by atoms with E-state index in [4.69, 9.17) is 8.23 Å². The normalized spacial score (nSPS) is 12.0. The van der Waals surface area contributed by atoms with E-state index in [9.17, 15) is 0 Å². The third-order valence-corrected chi connectivity index (χ3v) is 12.4. The molecule has 0 saturated carbocycles. The summed E-state index contributed by atoms with van der Waals surface area (Å²) in [5.74, 6) is 0. The first-order valence-corrected chi connectivity index (χ1v) is 12.3. The monoisotopic (exact) mass is 250 g/mol. The topological polar surface area (TPSA) is 18.5 Å². The van der Waals surface area contributed by atoms with Crippen LogP contribution in [-0.4, -0.2) is 27.4 Å². The van der Waals surface area contributed by atoms with Crippen LogP contribution in [0.4, 0.5) is 0 Å². The van der Waals surface area contributed by atoms with Gasteiger partial charge in [0, 0.05) is 0 Å². The van der Waals surface area contributed by atoms with E-state index in [1.54, 1.807) is 0 Å². The van der Waals surface area contributed by atoms with Gasteiger partial charge in [0.2, 0.25) is 0 Å². The van der Waals surface area contributed by atoms with Crippen LogP contribution < -0.4 is 0 Å². The third-order valence-electron chi connectivity index (χ3n) is 2.59. The Morgan fingerprint density at radius 1 is 0.714 bits per heavy atom. The van der Waals surface area contributed by atoms with Crippen molar-refractivity contribution in [3.63, 3.8) is 0 Å². The van der Waals surface area contributed by atoms with Crippen LogP contribution in [0.2, 0.25) is 30.7 Å². The summed E-state index contributed by atoms with van der Waals surface area (Å²) in [5.41, 5.74) is 0. The smallest absolute Gasteiger partial charge is 0.297 e. The number of hydrogen-bond acceptors (Lipinski definition) is 2. The molecule has 0 aliphatic rings. The van der Waals surface area contributed by atoms with Crippen LogP contribution >= 0.6 is 0 Å². The molecule has 0 aromatic rings. The first-order valence-electron chi connectivity index (χ1n) is 5.98. The molecule has 14 heavy (non-hydrogen) atoms. The fourth-order valence-electron chi connectivity index (χ4n) is 1.54. The molecule has 0 N–H and O–H groups in total. The fourth-order valence-corrected chi connectivity index (χ4v) is 10.9. The predicted octanol–water partition coefficient (Wildman–Crippen LogP) is 2.40. The molecule has 0 aliphatic carbocycles. The van der Waals surface area contributed by atoms with Gasteiger partial charge in [-0.25, -0.2) is 0 Å². The quantitative estimate of drug-likeness (QED) is 0.616. The minimum absolute atomic E-state index is 0.872. The molecule has 0 saturated heterocycles. The van der Waals surface area contributed by atoms with Gasteiger partial charge in [0.05, 0.1) is 0 Å². The zero-order chi connectivity index (χ0) is 11.0. The van der Waals surface area contributed by atoms with Crippen LogP contribution in [0, 0.1) is 0 Å². The van der Waals surface area contributed by atoms with Gasteiger partial charge in [-0.05, 0) is 30.7 Å². The molecular formula is C9H26O2Si3. The standard InChI is InChI=1S/C9H26O2Si3/c1-6-13(7-2)10-12(5)11-14(8-3)9-4/h12-14H,6-9H2,1-5H3. The minimum Gasteiger partial charge on any atom is -0.441 e. The third kappa shape index (κ3) is 6.13. The maximum absolute atomic E-state index is 6.07. The Morgan fingerprint density at radius 3 is 1.21 bits per heavy atom. The van der Waals surface area contributed by atoms with Gasteiger partial charge in [0.25, 0.3) is 9.28 Å². The van der Waals surface area contributed by atoms with Crippen LogP contribution in [0.3, 0.4) is 0 Å². The Morgan fingerprint density at radius 2 is 1.00 bits per heavy atom. The zero-order valence-corrected chi connectivity index (χ0v) is 13.8. The fraction of sp³-hybridized carbons (Fsp3) is 1.00. The van der Waals surface area contributed by atoms with Crippen molar-refractivity contribution in [3.05, 3.63) is 0 Å². The van der Waals surface area contributed by atoms with Gasteiger partial charge in [0.1, 0.15) is 0 Å². The Kier molecular flexibility index (Phi) is 9.21. The lowest BCUT2D eigenvalue weighted by Crippen LogP contribution is -2.33. The average molecular weight is 251 g/mol. The molecule has 0 spiro atoms. The highest BCUT2D eigenvalue weighted by atomic mass is 28.4. The molecular weight excluding hydrogens is 224 g/mol. The Hall–Kier alpha value is 0.571. The zero-order valence-electron chi connectivity index (χ0n) is 10.4. The summed E-state index contributed by atoms with van der Waals surface area (Å²) in [5, 5.41) is 0. The molecule has 2 nitrogen and oxygen atoms in total. The lowest BCUT2D eigenvalue weighted by atomic mass is 11.0. The van der Waals surface area contributed by atoms with Crippen LogP contribution in [0.15, 0.2) is 0 Å². The summed E-state index contributed by atoms with van der Waals surface area (Å²) in [6.45, 7) is 11.2. The molecule has 0 heterocycles. The molecule has 0 radical (unpaired) electrons. The van der Waals surface area contributed by atoms with Gasteiger partial charge in [-0.15, -0.1) is 0 Å². The van der Waals surface area contributed by atoms with Crippen molar-refractivity contribution in [1.29, 1.82) is 0 Å². The molecule has 0 fully saturated rings. The first-order chi connectivity index (χ1) is 6.67. The summed E-state index contributed by atoms with van der Waals surface area (Å²) in [6, 6.07) is 5.01. The maximum Gasteiger partial charge on any atom is 0.297 e. The summed E-state index contributed by atoms with van der Waals surface area (Å²) < 4.78 is 12.1. The van der Waals surface area contributed by atoms with Crippen molar-refractivity contribution in [2.75, 3.05) is 0 Å². The highest BCUT2D eigenvalue weighted by Crippen LogP contribution is 2.07. The second-order valence-electron chi connectivity index (χ2n) is 3.72. The van der Waals surface area contributed by atoms with Crippen LogP contribution in [-0.2, 0) is 8.23 Å². The molecule has 86 valence electrons. The molecule has 0 aliphatic heterocycles. The maximum atomic E-state index is 6.07. The molecule has 0 atom stereocenters. The van der Waals surface area contributed by atoms with Crippen molar-refractivity contribution >= 4 is 27.4 Å². The first kappa shape index (κ1) is 14.6. The lowest BCUT2D eigenvalue weighted by molar-refractivity contribution is 0.437. The van der Waals surface area contributed by atoms with Crippen molar-refractivity contribution in [3.8, 4) is 0 Å². The second kappa shape index (κ2) is 8.85. The predicted molar refractivity (Wildman–Crippen MR) is 71.4 cm³/mol. The summed E-state index contributed by atoms with van der Waals surface area (Å²) >= 11 is 0. The van der Waals surface area contributed by atoms with E-state index < -0.39 is 27.4 Å². The molecule has 5 heteroatoms. The Balaban J connectivity index is 3.77. The molecule has 0 rings (SSSR count). The van der Waals surface area contributed by atoms with Crippen molar-refractivity contribution < 1.29 is 8.23 Å². The average Bonchev–Trinajstić information content (AvgIpc) is 2.22. The highest BCUT2D eigenvalue weighted by molar-refractivity contribution is 6.68. The van der Waals surface area contributed by atoms with E-state index in [0.29, 0.717) is 0 Å². The lowest BCUT2D eigenvalue weighted by Gasteiger charge is -2.22. The summed E-state index contributed by atoms with van der Waals surface area (Å²) in [7, 11) is -3.01. The highest BCUT2D eigenvalue weighted by Gasteiger charge is 2.17. The summed E-state index contributed by atoms with van der Waals surface area (Å²) in [4.78, 5) is 0. The van der Waals surface area contributed by atoms with Gasteiger partial charge >= 0.3 is 0 Å².